The van der Waals surface area contributed by atoms with Crippen molar-refractivity contribution in [3.05, 3.63) is 48.4 Å². The highest BCUT2D eigenvalue weighted by atomic mass is 32.2. The number of nitrogens with one attached hydrogen (secondary N) is 1. The molecule has 2 heterocycles. The van der Waals surface area contributed by atoms with Gasteiger partial charge >= 0.3 is 0 Å². The number of anilines is 1. The number of aromatic nitrogens is 3. The summed E-state index contributed by atoms with van der Waals surface area (Å²) in [5, 5.41) is 9.66. The maximum Gasteiger partial charge on any atom is 0.166 e. The van der Waals surface area contributed by atoms with Crippen LogP contribution in [0.4, 0.5) is 10.2 Å². The van der Waals surface area contributed by atoms with Crippen LogP contribution in [0.3, 0.4) is 0 Å². The second-order valence-electron chi connectivity index (χ2n) is 4.81. The Balaban J connectivity index is 2.08. The molecule has 4 N–H and O–H groups in total. The first-order valence-electron chi connectivity index (χ1n) is 6.99. The molecule has 0 spiro atoms. The van der Waals surface area contributed by atoms with Gasteiger partial charge in [0.1, 0.15) is 11.6 Å². The fourth-order valence-electron chi connectivity index (χ4n) is 2.19. The number of H-pyrrole nitrogens is 1. The summed E-state index contributed by atoms with van der Waals surface area (Å²) >= 11 is 1.41. The molecule has 1 aromatic carbocycles. The summed E-state index contributed by atoms with van der Waals surface area (Å²) in [6, 6.07) is 9.75. The number of benzene rings is 1. The number of nitrogens with two attached hydrogens (primary N) is 1. The molecule has 0 bridgehead atoms. The molecule has 0 aliphatic carbocycles. The third kappa shape index (κ3) is 3.52. The number of aliphatic hydroxyl groups is 1. The molecule has 0 saturated heterocycles. The molecule has 3 rings (SSSR count). The van der Waals surface area contributed by atoms with Crippen LogP contribution in [0.2, 0.25) is 0 Å². The highest BCUT2D eigenvalue weighted by Gasteiger charge is 2.15. The lowest BCUT2D eigenvalue weighted by molar-refractivity contribution is 0.322. The zero-order valence-corrected chi connectivity index (χ0v) is 13.0. The third-order valence-corrected chi connectivity index (χ3v) is 4.05. The molecule has 5 nitrogen and oxygen atoms in total. The number of aromatic amines is 1. The van der Waals surface area contributed by atoms with Crippen molar-refractivity contribution in [2.75, 3.05) is 18.1 Å². The molecule has 7 heteroatoms. The molecule has 3 aromatic rings. The predicted molar refractivity (Wildman–Crippen MR) is 89.4 cm³/mol. The third-order valence-electron chi connectivity index (χ3n) is 3.20. The number of aliphatic hydroxyl groups excluding tert-OH is 1. The van der Waals surface area contributed by atoms with E-state index >= 15 is 0 Å². The van der Waals surface area contributed by atoms with Gasteiger partial charge < -0.3 is 15.8 Å². The van der Waals surface area contributed by atoms with Crippen LogP contribution in [0.15, 0.2) is 47.8 Å². The van der Waals surface area contributed by atoms with Crippen LogP contribution in [0.1, 0.15) is 0 Å². The maximum atomic E-state index is 13.2. The van der Waals surface area contributed by atoms with Crippen LogP contribution in [0.5, 0.6) is 0 Å². The number of hydrogen-bond acceptors (Lipinski definition) is 5. The van der Waals surface area contributed by atoms with Gasteiger partial charge in [-0.05, 0) is 36.4 Å². The first-order valence-corrected chi connectivity index (χ1v) is 7.97. The van der Waals surface area contributed by atoms with Crippen LogP contribution in [0.25, 0.3) is 22.5 Å². The minimum Gasteiger partial charge on any atom is -0.396 e. The van der Waals surface area contributed by atoms with Crippen molar-refractivity contribution in [3.8, 4) is 22.5 Å². The van der Waals surface area contributed by atoms with Gasteiger partial charge in [0.2, 0.25) is 0 Å². The number of halogens is 1. The second kappa shape index (κ2) is 6.80. The second-order valence-corrected chi connectivity index (χ2v) is 5.90. The zero-order chi connectivity index (χ0) is 16.2. The van der Waals surface area contributed by atoms with Crippen LogP contribution in [-0.4, -0.2) is 32.4 Å². The van der Waals surface area contributed by atoms with E-state index in [-0.39, 0.29) is 12.4 Å². The zero-order valence-electron chi connectivity index (χ0n) is 12.2. The van der Waals surface area contributed by atoms with Crippen LogP contribution in [-0.2, 0) is 0 Å². The fraction of sp³-hybridized carbons (Fsp3) is 0.125. The number of nitrogen functional groups attached to an aromatic ring is 1. The number of imidazole rings is 1. The SMILES string of the molecule is Nc1cc(-c2nc(SCCO)[nH]c2-c2ccc(F)cc2)ccn1. The Bertz CT molecular complexity index is 804. The molecule has 0 unspecified atom stereocenters. The summed E-state index contributed by atoms with van der Waals surface area (Å²) in [6.07, 6.45) is 1.62. The van der Waals surface area contributed by atoms with E-state index in [0.29, 0.717) is 22.4 Å². The van der Waals surface area contributed by atoms with E-state index in [1.165, 1.54) is 23.9 Å². The molecule has 0 fully saturated rings. The Morgan fingerprint density at radius 3 is 2.65 bits per heavy atom. The van der Waals surface area contributed by atoms with Crippen LogP contribution >= 0.6 is 11.8 Å². The van der Waals surface area contributed by atoms with E-state index in [9.17, 15) is 4.39 Å². The Labute approximate surface area is 136 Å². The number of pyridine rings is 1. The molecule has 0 aliphatic heterocycles. The van der Waals surface area contributed by atoms with Gasteiger partial charge in [0.05, 0.1) is 18.0 Å². The Kier molecular flexibility index (Phi) is 4.59. The number of rotatable bonds is 5. The number of nitrogens with zero attached hydrogens (tertiary/aromatic N) is 2. The van der Waals surface area contributed by atoms with Crippen LogP contribution in [0, 0.1) is 5.82 Å². The van der Waals surface area contributed by atoms with E-state index in [1.807, 2.05) is 6.07 Å². The molecular weight excluding hydrogens is 315 g/mol. The molecular formula is C16H15FN4OS. The van der Waals surface area contributed by atoms with Crippen molar-refractivity contribution in [1.29, 1.82) is 0 Å². The standard InChI is InChI=1S/C16H15FN4OS/c17-12-3-1-10(2-4-12)14-15(11-5-6-19-13(18)9-11)21-16(20-14)23-8-7-22/h1-6,9,22H,7-8H2,(H2,18,19)(H,20,21). The van der Waals surface area contributed by atoms with E-state index in [1.54, 1.807) is 24.4 Å². The lowest BCUT2D eigenvalue weighted by Gasteiger charge is -2.03. The van der Waals surface area contributed by atoms with Crippen LogP contribution < -0.4 is 5.73 Å². The minimum absolute atomic E-state index is 0.0643. The van der Waals surface area contributed by atoms with Gasteiger partial charge in [-0.3, -0.25) is 0 Å². The lowest BCUT2D eigenvalue weighted by atomic mass is 10.1. The maximum absolute atomic E-state index is 13.2. The lowest BCUT2D eigenvalue weighted by Crippen LogP contribution is -1.91. The largest absolute Gasteiger partial charge is 0.396 e. The molecule has 0 amide bonds. The first kappa shape index (κ1) is 15.5. The highest BCUT2D eigenvalue weighted by molar-refractivity contribution is 7.99. The Morgan fingerprint density at radius 2 is 1.96 bits per heavy atom. The Morgan fingerprint density at radius 1 is 1.17 bits per heavy atom. The molecule has 0 atom stereocenters. The minimum atomic E-state index is -0.294. The predicted octanol–water partition coefficient (Wildman–Crippen LogP) is 2.94. The number of thioether (sulfide) groups is 1. The molecule has 118 valence electrons. The number of hydrogen-bond donors (Lipinski definition) is 3. The quantitative estimate of drug-likeness (QED) is 0.626. The van der Waals surface area contributed by atoms with Gasteiger partial charge in [0.15, 0.2) is 5.16 Å². The summed E-state index contributed by atoms with van der Waals surface area (Å²) in [6.45, 7) is 0.0643. The highest BCUT2D eigenvalue weighted by Crippen LogP contribution is 2.33. The van der Waals surface area contributed by atoms with Gasteiger partial charge in [-0.15, -0.1) is 0 Å². The van der Waals surface area contributed by atoms with E-state index in [2.05, 4.69) is 15.0 Å². The summed E-state index contributed by atoms with van der Waals surface area (Å²) in [5.41, 5.74) is 8.89. The summed E-state index contributed by atoms with van der Waals surface area (Å²) in [7, 11) is 0. The van der Waals surface area contributed by atoms with Crippen molar-refractivity contribution >= 4 is 17.6 Å². The van der Waals surface area contributed by atoms with Crippen molar-refractivity contribution < 1.29 is 9.50 Å². The Hall–Kier alpha value is -2.38. The van der Waals surface area contributed by atoms with Crippen molar-refractivity contribution in [2.45, 2.75) is 5.16 Å². The topological polar surface area (TPSA) is 87.8 Å². The first-order chi connectivity index (χ1) is 11.2. The van der Waals surface area contributed by atoms with Gasteiger partial charge in [0.25, 0.3) is 0 Å². The molecule has 0 radical (unpaired) electrons. The van der Waals surface area contributed by atoms with Gasteiger partial charge in [-0.1, -0.05) is 11.8 Å². The summed E-state index contributed by atoms with van der Waals surface area (Å²) in [5.74, 6) is 0.645. The van der Waals surface area contributed by atoms with Gasteiger partial charge in [0, 0.05) is 23.1 Å². The van der Waals surface area contributed by atoms with Crippen molar-refractivity contribution in [3.63, 3.8) is 0 Å². The van der Waals surface area contributed by atoms with Gasteiger partial charge in [-0.25, -0.2) is 14.4 Å². The van der Waals surface area contributed by atoms with Crippen molar-refractivity contribution in [2.24, 2.45) is 0 Å². The van der Waals surface area contributed by atoms with E-state index < -0.39 is 0 Å². The smallest absolute Gasteiger partial charge is 0.166 e. The van der Waals surface area contributed by atoms with Crippen molar-refractivity contribution in [1.82, 2.24) is 15.0 Å². The molecule has 23 heavy (non-hydrogen) atoms. The molecule has 0 saturated carbocycles. The summed E-state index contributed by atoms with van der Waals surface area (Å²) in [4.78, 5) is 11.8. The summed E-state index contributed by atoms with van der Waals surface area (Å²) < 4.78 is 13.2. The van der Waals surface area contributed by atoms with Gasteiger partial charge in [-0.2, -0.15) is 0 Å². The average molecular weight is 330 g/mol. The molecule has 0 aliphatic rings. The monoisotopic (exact) mass is 330 g/mol. The van der Waals surface area contributed by atoms with E-state index in [0.717, 1.165) is 16.8 Å². The fourth-order valence-corrected chi connectivity index (χ4v) is 2.81. The van der Waals surface area contributed by atoms with E-state index in [4.69, 9.17) is 10.8 Å². The molecule has 2 aromatic heterocycles. The normalized spacial score (nSPS) is 10.9. The average Bonchev–Trinajstić information content (AvgIpc) is 2.98.